The van der Waals surface area contributed by atoms with Crippen molar-refractivity contribution in [3.63, 3.8) is 0 Å². The van der Waals surface area contributed by atoms with E-state index in [1.807, 2.05) is 0 Å². The Hall–Kier alpha value is -3.07. The summed E-state index contributed by atoms with van der Waals surface area (Å²) in [7, 11) is -1.04. The zero-order chi connectivity index (χ0) is 19.3. The molecule has 2 amide bonds. The Morgan fingerprint density at radius 1 is 1.04 bits per heavy atom. The summed E-state index contributed by atoms with van der Waals surface area (Å²) in [6, 6.07) is 10.1. The van der Waals surface area contributed by atoms with E-state index in [0.29, 0.717) is 5.69 Å². The minimum Gasteiger partial charge on any atom is -0.495 e. The van der Waals surface area contributed by atoms with Crippen LogP contribution in [0.25, 0.3) is 0 Å². The number of sulfonamides is 1. The Kier molecular flexibility index (Phi) is 5.83. The number of rotatable bonds is 6. The van der Waals surface area contributed by atoms with Crippen molar-refractivity contribution in [1.82, 2.24) is 5.32 Å². The molecule has 2 aromatic rings. The van der Waals surface area contributed by atoms with Crippen molar-refractivity contribution in [2.45, 2.75) is 11.8 Å². The summed E-state index contributed by atoms with van der Waals surface area (Å²) in [5, 5.41) is 5.03. The maximum Gasteiger partial charge on any atom is 0.262 e. The van der Waals surface area contributed by atoms with Gasteiger partial charge >= 0.3 is 0 Å². The minimum atomic E-state index is -3.91. The molecule has 0 aliphatic heterocycles. The Bertz CT molecular complexity index is 924. The van der Waals surface area contributed by atoms with Gasteiger partial charge in [-0.15, -0.1) is 0 Å². The maximum atomic E-state index is 12.6. The second-order valence-electron chi connectivity index (χ2n) is 5.31. The fourth-order valence-corrected chi connectivity index (χ4v) is 3.26. The van der Waals surface area contributed by atoms with Gasteiger partial charge in [0, 0.05) is 25.2 Å². The molecule has 0 radical (unpaired) electrons. The molecule has 8 nitrogen and oxygen atoms in total. The lowest BCUT2D eigenvalue weighted by Crippen LogP contribution is -2.19. The smallest absolute Gasteiger partial charge is 0.262 e. The van der Waals surface area contributed by atoms with Crippen LogP contribution in [0.5, 0.6) is 5.75 Å². The first-order valence-electron chi connectivity index (χ1n) is 7.57. The second kappa shape index (κ2) is 7.87. The predicted octanol–water partition coefficient (Wildman–Crippen LogP) is 1.81. The molecule has 0 spiro atoms. The normalized spacial score (nSPS) is 10.7. The van der Waals surface area contributed by atoms with Crippen LogP contribution in [0.4, 0.5) is 11.4 Å². The van der Waals surface area contributed by atoms with E-state index in [9.17, 15) is 18.0 Å². The number of ether oxygens (including phenoxy) is 1. The van der Waals surface area contributed by atoms with Crippen LogP contribution in [0, 0.1) is 0 Å². The Balaban J connectivity index is 2.33. The average Bonchev–Trinajstić information content (AvgIpc) is 2.60. The summed E-state index contributed by atoms with van der Waals surface area (Å²) < 4.78 is 32.8. The summed E-state index contributed by atoms with van der Waals surface area (Å²) in [6.45, 7) is 1.36. The van der Waals surface area contributed by atoms with Gasteiger partial charge in [0.15, 0.2) is 0 Å². The number of amides is 2. The summed E-state index contributed by atoms with van der Waals surface area (Å²) in [5.41, 5.74) is 0.905. The molecule has 3 N–H and O–H groups in total. The van der Waals surface area contributed by atoms with Gasteiger partial charge in [-0.1, -0.05) is 0 Å². The van der Waals surface area contributed by atoms with E-state index in [-0.39, 0.29) is 33.7 Å². The second-order valence-corrected chi connectivity index (χ2v) is 6.99. The Morgan fingerprint density at radius 2 is 1.69 bits per heavy atom. The third-order valence-electron chi connectivity index (χ3n) is 3.42. The molecule has 0 aliphatic carbocycles. The van der Waals surface area contributed by atoms with Crippen LogP contribution in [0.2, 0.25) is 0 Å². The summed E-state index contributed by atoms with van der Waals surface area (Å²) in [5.74, 6) is -0.335. The number of methoxy groups -OCH3 is 1. The molecule has 26 heavy (non-hydrogen) atoms. The highest BCUT2D eigenvalue weighted by atomic mass is 32.2. The molecule has 0 saturated carbocycles. The van der Waals surface area contributed by atoms with Gasteiger partial charge in [0.25, 0.3) is 15.9 Å². The van der Waals surface area contributed by atoms with Crippen LogP contribution < -0.4 is 20.1 Å². The van der Waals surface area contributed by atoms with E-state index >= 15 is 0 Å². The molecule has 0 saturated heterocycles. The highest BCUT2D eigenvalue weighted by molar-refractivity contribution is 7.92. The van der Waals surface area contributed by atoms with Gasteiger partial charge in [-0.3, -0.25) is 14.3 Å². The SMILES string of the molecule is CNC(=O)c1ccc(OC)c(NS(=O)(=O)c2ccc(NC(C)=O)cc2)c1. The van der Waals surface area contributed by atoms with Crippen molar-refractivity contribution >= 4 is 33.2 Å². The van der Waals surface area contributed by atoms with E-state index in [2.05, 4.69) is 15.4 Å². The largest absolute Gasteiger partial charge is 0.495 e. The first-order chi connectivity index (χ1) is 12.3. The molecule has 0 unspecified atom stereocenters. The number of benzene rings is 2. The lowest BCUT2D eigenvalue weighted by Gasteiger charge is -2.13. The predicted molar refractivity (Wildman–Crippen MR) is 97.9 cm³/mol. The van der Waals surface area contributed by atoms with E-state index in [1.54, 1.807) is 0 Å². The minimum absolute atomic E-state index is 0.000925. The van der Waals surface area contributed by atoms with Gasteiger partial charge in [0.05, 0.1) is 17.7 Å². The quantitative estimate of drug-likeness (QED) is 0.710. The fraction of sp³-hybridized carbons (Fsp3) is 0.176. The molecule has 0 heterocycles. The van der Waals surface area contributed by atoms with Crippen LogP contribution in [0.15, 0.2) is 47.4 Å². The molecule has 0 fully saturated rings. The number of hydrogen-bond donors (Lipinski definition) is 3. The highest BCUT2D eigenvalue weighted by Gasteiger charge is 2.18. The van der Waals surface area contributed by atoms with Crippen LogP contribution in [0.3, 0.4) is 0 Å². The van der Waals surface area contributed by atoms with Crippen molar-refractivity contribution in [1.29, 1.82) is 0 Å². The summed E-state index contributed by atoms with van der Waals surface area (Å²) in [4.78, 5) is 22.8. The van der Waals surface area contributed by atoms with E-state index < -0.39 is 10.0 Å². The number of carbonyl (C=O) groups excluding carboxylic acids is 2. The standard InChI is InChI=1S/C17H19N3O5S/c1-11(21)19-13-5-7-14(8-6-13)26(23,24)20-15-10-12(17(22)18-2)4-9-16(15)25-3/h4-10,20H,1-3H3,(H,18,22)(H,19,21). The molecule has 0 aliphatic rings. The lowest BCUT2D eigenvalue weighted by molar-refractivity contribution is -0.114. The zero-order valence-corrected chi connectivity index (χ0v) is 15.3. The molecule has 0 aromatic heterocycles. The Morgan fingerprint density at radius 3 is 2.23 bits per heavy atom. The third kappa shape index (κ3) is 4.51. The van der Waals surface area contributed by atoms with E-state index in [4.69, 9.17) is 4.74 Å². The van der Waals surface area contributed by atoms with Crippen molar-refractivity contribution in [3.8, 4) is 5.75 Å². The topological polar surface area (TPSA) is 114 Å². The van der Waals surface area contributed by atoms with Crippen LogP contribution >= 0.6 is 0 Å². The third-order valence-corrected chi connectivity index (χ3v) is 4.80. The van der Waals surface area contributed by atoms with Crippen LogP contribution in [-0.4, -0.2) is 34.4 Å². The number of anilines is 2. The summed E-state index contributed by atoms with van der Waals surface area (Å²) >= 11 is 0. The van der Waals surface area contributed by atoms with Crippen molar-refractivity contribution in [2.75, 3.05) is 24.2 Å². The number of nitrogens with one attached hydrogen (secondary N) is 3. The van der Waals surface area contributed by atoms with Crippen LogP contribution in [0.1, 0.15) is 17.3 Å². The van der Waals surface area contributed by atoms with Gasteiger partial charge in [-0.05, 0) is 42.5 Å². The first kappa shape index (κ1) is 19.3. The van der Waals surface area contributed by atoms with E-state index in [0.717, 1.165) is 0 Å². The van der Waals surface area contributed by atoms with Crippen LogP contribution in [-0.2, 0) is 14.8 Å². The van der Waals surface area contributed by atoms with Gasteiger partial charge in [0.2, 0.25) is 5.91 Å². The zero-order valence-electron chi connectivity index (χ0n) is 14.5. The number of hydrogen-bond acceptors (Lipinski definition) is 5. The van der Waals surface area contributed by atoms with Gasteiger partial charge in [-0.25, -0.2) is 8.42 Å². The number of carbonyl (C=O) groups is 2. The highest BCUT2D eigenvalue weighted by Crippen LogP contribution is 2.28. The molecule has 0 atom stereocenters. The average molecular weight is 377 g/mol. The monoisotopic (exact) mass is 377 g/mol. The Labute approximate surface area is 151 Å². The summed E-state index contributed by atoms with van der Waals surface area (Å²) in [6.07, 6.45) is 0. The lowest BCUT2D eigenvalue weighted by atomic mass is 10.2. The molecular formula is C17H19N3O5S. The molecule has 9 heteroatoms. The van der Waals surface area contributed by atoms with Gasteiger partial charge in [-0.2, -0.15) is 0 Å². The van der Waals surface area contributed by atoms with E-state index in [1.165, 1.54) is 63.5 Å². The van der Waals surface area contributed by atoms with Crippen molar-refractivity contribution in [3.05, 3.63) is 48.0 Å². The molecule has 0 bridgehead atoms. The molecule has 138 valence electrons. The maximum absolute atomic E-state index is 12.6. The fourth-order valence-electron chi connectivity index (χ4n) is 2.20. The van der Waals surface area contributed by atoms with Crippen molar-refractivity contribution in [2.24, 2.45) is 0 Å². The molecule has 2 aromatic carbocycles. The molecular weight excluding hydrogens is 358 g/mol. The van der Waals surface area contributed by atoms with Gasteiger partial charge < -0.3 is 15.4 Å². The first-order valence-corrected chi connectivity index (χ1v) is 9.05. The molecule has 2 rings (SSSR count). The van der Waals surface area contributed by atoms with Gasteiger partial charge in [0.1, 0.15) is 5.75 Å². The van der Waals surface area contributed by atoms with Crippen molar-refractivity contribution < 1.29 is 22.7 Å².